The molecule has 13 nitrogen and oxygen atoms in total. The van der Waals surface area contributed by atoms with E-state index in [0.29, 0.717) is 11.1 Å². The highest BCUT2D eigenvalue weighted by Crippen LogP contribution is 2.53. The van der Waals surface area contributed by atoms with Crippen LogP contribution in [0.2, 0.25) is 0 Å². The van der Waals surface area contributed by atoms with E-state index in [0.717, 1.165) is 5.56 Å². The van der Waals surface area contributed by atoms with Gasteiger partial charge in [-0.2, -0.15) is 0 Å². The average molecular weight is 814 g/mol. The summed E-state index contributed by atoms with van der Waals surface area (Å²) >= 11 is 0. The van der Waals surface area contributed by atoms with Crippen molar-refractivity contribution in [3.05, 3.63) is 138 Å². The molecule has 16 heteroatoms. The number of phosphoric ester groups is 1. The molecule has 1 heterocycles. The SMILES string of the molecule is CC(=O)N[C@H]1[C@@H](OP(=O)(OCc2ccccc2)OCc2ccccc2)O[C@H](COCc2ccccc2)[C@@H](F)[C@@H]1O[C@H](C)C(=O)OCCS(=O)(=O)c1ccccc1. The van der Waals surface area contributed by atoms with Gasteiger partial charge in [0.2, 0.25) is 5.91 Å². The van der Waals surface area contributed by atoms with Crippen LogP contribution in [-0.2, 0) is 76.3 Å². The Kier molecular flexibility index (Phi) is 15.9. The smallest absolute Gasteiger partial charge is 0.463 e. The van der Waals surface area contributed by atoms with Crippen molar-refractivity contribution in [2.24, 2.45) is 0 Å². The third-order valence-electron chi connectivity index (χ3n) is 8.48. The highest BCUT2D eigenvalue weighted by Gasteiger charge is 2.52. The molecule has 1 amide bonds. The van der Waals surface area contributed by atoms with E-state index in [4.69, 9.17) is 32.5 Å². The molecule has 1 fully saturated rings. The molecule has 0 spiro atoms. The zero-order valence-electron chi connectivity index (χ0n) is 30.9. The van der Waals surface area contributed by atoms with E-state index in [2.05, 4.69) is 5.32 Å². The van der Waals surface area contributed by atoms with Crippen LogP contribution in [-0.4, -0.2) is 76.1 Å². The number of esters is 1. The largest absolute Gasteiger partial charge is 0.477 e. The molecule has 1 aliphatic rings. The quantitative estimate of drug-likeness (QED) is 0.0806. The molecule has 0 bridgehead atoms. The van der Waals surface area contributed by atoms with Crippen molar-refractivity contribution < 1.29 is 59.5 Å². The van der Waals surface area contributed by atoms with Gasteiger partial charge in [-0.05, 0) is 35.7 Å². The second-order valence-electron chi connectivity index (χ2n) is 12.8. The van der Waals surface area contributed by atoms with Gasteiger partial charge in [-0.1, -0.05) is 109 Å². The number of carbonyl (C=O) groups is 2. The number of hydrogen-bond donors (Lipinski definition) is 1. The number of phosphoric acid groups is 1. The Balaban J connectivity index is 1.37. The number of rotatable bonds is 20. The number of benzene rings is 4. The van der Waals surface area contributed by atoms with E-state index in [1.165, 1.54) is 26.0 Å². The lowest BCUT2D eigenvalue weighted by Gasteiger charge is -2.44. The Morgan fingerprint density at radius 3 is 1.82 bits per heavy atom. The van der Waals surface area contributed by atoms with Crippen LogP contribution in [0.4, 0.5) is 4.39 Å². The first kappa shape index (κ1) is 42.8. The predicted octanol–water partition coefficient (Wildman–Crippen LogP) is 6.12. The number of halogens is 1. The van der Waals surface area contributed by atoms with Crippen molar-refractivity contribution in [1.29, 1.82) is 0 Å². The summed E-state index contributed by atoms with van der Waals surface area (Å²) in [6.07, 6.45) is -8.36. The summed E-state index contributed by atoms with van der Waals surface area (Å²) in [5.41, 5.74) is 2.08. The number of sulfone groups is 1. The number of amides is 1. The van der Waals surface area contributed by atoms with Gasteiger partial charge in [0.25, 0.3) is 0 Å². The lowest BCUT2D eigenvalue weighted by molar-refractivity contribution is -0.253. The van der Waals surface area contributed by atoms with Crippen molar-refractivity contribution in [3.8, 4) is 0 Å². The minimum atomic E-state index is -4.60. The summed E-state index contributed by atoms with van der Waals surface area (Å²) in [5.74, 6) is -2.16. The Hall–Kier alpha value is -4.31. The fourth-order valence-electron chi connectivity index (χ4n) is 5.62. The van der Waals surface area contributed by atoms with E-state index in [9.17, 15) is 22.6 Å². The number of carbonyl (C=O) groups excluding carboxylic acids is 2. The molecule has 4 aromatic rings. The van der Waals surface area contributed by atoms with Gasteiger partial charge in [0.1, 0.15) is 24.9 Å². The topological polar surface area (TPSA) is 162 Å². The van der Waals surface area contributed by atoms with Gasteiger partial charge in [-0.25, -0.2) is 22.2 Å². The second-order valence-corrected chi connectivity index (χ2v) is 16.6. The maximum atomic E-state index is 16.6. The monoisotopic (exact) mass is 813 g/mol. The lowest BCUT2D eigenvalue weighted by atomic mass is 9.97. The first-order valence-electron chi connectivity index (χ1n) is 17.9. The molecular formula is C40H45FNO12PS. The number of alkyl halides is 1. The molecule has 4 aromatic carbocycles. The summed E-state index contributed by atoms with van der Waals surface area (Å²) in [6.45, 7) is 1.28. The summed E-state index contributed by atoms with van der Waals surface area (Å²) in [7, 11) is -8.37. The van der Waals surface area contributed by atoms with E-state index >= 15 is 4.39 Å². The van der Waals surface area contributed by atoms with Crippen LogP contribution in [0.3, 0.4) is 0 Å². The molecule has 300 valence electrons. The first-order valence-corrected chi connectivity index (χ1v) is 21.0. The molecule has 5 rings (SSSR count). The van der Waals surface area contributed by atoms with Crippen LogP contribution in [0, 0.1) is 0 Å². The van der Waals surface area contributed by atoms with E-state index in [1.54, 1.807) is 78.9 Å². The zero-order valence-corrected chi connectivity index (χ0v) is 32.6. The Morgan fingerprint density at radius 1 is 0.804 bits per heavy atom. The molecule has 0 aromatic heterocycles. The molecule has 0 aliphatic carbocycles. The van der Waals surface area contributed by atoms with Crippen molar-refractivity contribution in [2.75, 3.05) is 19.0 Å². The van der Waals surface area contributed by atoms with Gasteiger partial charge in [0.15, 0.2) is 28.4 Å². The number of hydrogen-bond acceptors (Lipinski definition) is 12. The minimum absolute atomic E-state index is 0.0605. The van der Waals surface area contributed by atoms with Gasteiger partial charge in [0.05, 0.1) is 37.1 Å². The van der Waals surface area contributed by atoms with Crippen molar-refractivity contribution in [1.82, 2.24) is 5.32 Å². The zero-order chi connectivity index (χ0) is 40.0. The molecule has 1 aliphatic heterocycles. The lowest BCUT2D eigenvalue weighted by Crippen LogP contribution is -2.64. The summed E-state index contributed by atoms with van der Waals surface area (Å²) in [6, 6.07) is 32.9. The van der Waals surface area contributed by atoms with Crippen molar-refractivity contribution in [2.45, 2.75) is 75.4 Å². The highest BCUT2D eigenvalue weighted by atomic mass is 32.2. The number of nitrogens with one attached hydrogen (secondary N) is 1. The summed E-state index contributed by atoms with van der Waals surface area (Å²) in [4.78, 5) is 25.7. The van der Waals surface area contributed by atoms with Gasteiger partial charge in [-0.3, -0.25) is 18.4 Å². The normalized spacial score (nSPS) is 20.5. The van der Waals surface area contributed by atoms with Gasteiger partial charge in [0, 0.05) is 6.92 Å². The Morgan fingerprint density at radius 2 is 1.30 bits per heavy atom. The van der Waals surface area contributed by atoms with E-state index in [1.807, 2.05) is 30.3 Å². The maximum absolute atomic E-state index is 16.6. The standard InChI is InChI=1S/C40H45FNO12PS/c1-29(39(44)49-23-24-56(46,47)34-21-13-6-14-22-34)52-38-36(41)35(28-48-25-31-15-7-3-8-16-31)53-40(37(38)42-30(2)43)54-55(45,50-26-32-17-9-4-10-18-32)51-27-33-19-11-5-12-20-33/h3-22,29,35-38,40H,23-28H2,1-2H3,(H,42,43)/t29-,35-,36-,37-,38+,40-/m1/s1. The molecule has 1 N–H and O–H groups in total. The molecule has 6 atom stereocenters. The molecule has 0 unspecified atom stereocenters. The van der Waals surface area contributed by atoms with E-state index < -0.39 is 78.7 Å². The summed E-state index contributed by atoms with van der Waals surface area (Å²) in [5, 5.41) is 2.55. The fourth-order valence-corrected chi connectivity index (χ4v) is 7.97. The minimum Gasteiger partial charge on any atom is -0.463 e. The first-order chi connectivity index (χ1) is 26.9. The van der Waals surface area contributed by atoms with Crippen LogP contribution >= 0.6 is 7.82 Å². The Labute approximate surface area is 325 Å². The number of ether oxygens (including phenoxy) is 4. The average Bonchev–Trinajstić information content (AvgIpc) is 3.20. The maximum Gasteiger partial charge on any atom is 0.477 e. The molecule has 0 radical (unpaired) electrons. The van der Waals surface area contributed by atoms with Gasteiger partial charge >= 0.3 is 13.8 Å². The molecule has 0 saturated carbocycles. The van der Waals surface area contributed by atoms with Crippen molar-refractivity contribution in [3.63, 3.8) is 0 Å². The third kappa shape index (κ3) is 12.9. The fraction of sp³-hybridized carbons (Fsp3) is 0.350. The van der Waals surface area contributed by atoms with Crippen LogP contribution in [0.5, 0.6) is 0 Å². The predicted molar refractivity (Wildman–Crippen MR) is 202 cm³/mol. The second kappa shape index (κ2) is 20.7. The van der Waals surface area contributed by atoms with E-state index in [-0.39, 0.29) is 31.3 Å². The highest BCUT2D eigenvalue weighted by molar-refractivity contribution is 7.91. The van der Waals surface area contributed by atoms with Crippen LogP contribution < -0.4 is 5.32 Å². The Bertz CT molecular complexity index is 1930. The molecular weight excluding hydrogens is 768 g/mol. The summed E-state index contributed by atoms with van der Waals surface area (Å²) < 4.78 is 97.0. The third-order valence-corrected chi connectivity index (χ3v) is 11.5. The van der Waals surface area contributed by atoms with Gasteiger partial charge < -0.3 is 24.3 Å². The van der Waals surface area contributed by atoms with Crippen LogP contribution in [0.15, 0.2) is 126 Å². The van der Waals surface area contributed by atoms with Crippen LogP contribution in [0.25, 0.3) is 0 Å². The van der Waals surface area contributed by atoms with Crippen molar-refractivity contribution >= 4 is 29.5 Å². The van der Waals surface area contributed by atoms with Crippen LogP contribution in [0.1, 0.15) is 30.5 Å². The van der Waals surface area contributed by atoms with Gasteiger partial charge in [-0.15, -0.1) is 0 Å². The molecule has 1 saturated heterocycles. The molecule has 56 heavy (non-hydrogen) atoms.